The molecule has 4 heteroatoms. The zero-order valence-electron chi connectivity index (χ0n) is 9.05. The molecule has 0 spiro atoms. The molecule has 1 aliphatic carbocycles. The van der Waals surface area contributed by atoms with Crippen LogP contribution in [0.15, 0.2) is 22.7 Å². The molecule has 1 saturated carbocycles. The summed E-state index contributed by atoms with van der Waals surface area (Å²) in [5, 5.41) is 0.775. The molecule has 0 aliphatic heterocycles. The van der Waals surface area contributed by atoms with E-state index in [1.54, 1.807) is 0 Å². The molecule has 0 radical (unpaired) electrons. The van der Waals surface area contributed by atoms with Gasteiger partial charge >= 0.3 is 0 Å². The van der Waals surface area contributed by atoms with E-state index in [9.17, 15) is 0 Å². The molecule has 1 aliphatic rings. The van der Waals surface area contributed by atoms with Gasteiger partial charge in [0.1, 0.15) is 0 Å². The van der Waals surface area contributed by atoms with E-state index in [0.29, 0.717) is 5.92 Å². The first-order valence-corrected chi connectivity index (χ1v) is 6.81. The summed E-state index contributed by atoms with van der Waals surface area (Å²) in [5.74, 6) is 6.29. The van der Waals surface area contributed by atoms with Crippen molar-refractivity contribution in [2.45, 2.75) is 31.7 Å². The van der Waals surface area contributed by atoms with Gasteiger partial charge in [0.2, 0.25) is 0 Å². The number of rotatable bonds is 3. The number of hydrazine groups is 1. The summed E-state index contributed by atoms with van der Waals surface area (Å²) in [4.78, 5) is 0. The Labute approximate surface area is 110 Å². The highest BCUT2D eigenvalue weighted by atomic mass is 79.9. The van der Waals surface area contributed by atoms with Gasteiger partial charge in [-0.3, -0.25) is 11.3 Å². The van der Waals surface area contributed by atoms with Crippen LogP contribution in [-0.2, 0) is 0 Å². The third-order valence-electron chi connectivity index (χ3n) is 3.37. The fourth-order valence-electron chi connectivity index (χ4n) is 2.53. The summed E-state index contributed by atoms with van der Waals surface area (Å²) in [6.07, 6.45) is 5.07. The summed E-state index contributed by atoms with van der Waals surface area (Å²) in [7, 11) is 0. The minimum absolute atomic E-state index is 0.174. The highest BCUT2D eigenvalue weighted by Gasteiger charge is 2.27. The largest absolute Gasteiger partial charge is 0.271 e. The minimum Gasteiger partial charge on any atom is -0.271 e. The lowest BCUT2D eigenvalue weighted by Crippen LogP contribution is -2.32. The quantitative estimate of drug-likeness (QED) is 0.658. The Morgan fingerprint density at radius 2 is 2.06 bits per heavy atom. The van der Waals surface area contributed by atoms with Crippen molar-refractivity contribution >= 4 is 27.5 Å². The Bertz CT molecular complexity index is 364. The fourth-order valence-corrected chi connectivity index (χ4v) is 3.16. The SMILES string of the molecule is NNC(c1cccc(Br)c1Cl)C1CCCC1. The highest BCUT2D eigenvalue weighted by Crippen LogP contribution is 2.39. The van der Waals surface area contributed by atoms with E-state index in [1.165, 1.54) is 25.7 Å². The van der Waals surface area contributed by atoms with Crippen molar-refractivity contribution in [3.8, 4) is 0 Å². The molecule has 0 saturated heterocycles. The van der Waals surface area contributed by atoms with Crippen LogP contribution in [-0.4, -0.2) is 0 Å². The lowest BCUT2D eigenvalue weighted by molar-refractivity contribution is 0.373. The third kappa shape index (κ3) is 2.43. The number of benzene rings is 1. The number of hydrogen-bond donors (Lipinski definition) is 2. The van der Waals surface area contributed by atoms with Crippen LogP contribution < -0.4 is 11.3 Å². The smallest absolute Gasteiger partial charge is 0.0596 e. The molecule has 0 aromatic heterocycles. The standard InChI is InChI=1S/C12H16BrClN2/c13-10-7-3-6-9(11(10)14)12(16-15)8-4-1-2-5-8/h3,6-8,12,16H,1-2,4-5,15H2. The van der Waals surface area contributed by atoms with Crippen molar-refractivity contribution in [2.24, 2.45) is 11.8 Å². The maximum atomic E-state index is 6.30. The summed E-state index contributed by atoms with van der Waals surface area (Å²) >= 11 is 9.75. The van der Waals surface area contributed by atoms with Gasteiger partial charge in [-0.25, -0.2) is 0 Å². The number of hydrogen-bond acceptors (Lipinski definition) is 2. The van der Waals surface area contributed by atoms with E-state index in [-0.39, 0.29) is 6.04 Å². The molecule has 88 valence electrons. The average Bonchev–Trinajstić information content (AvgIpc) is 2.79. The van der Waals surface area contributed by atoms with Gasteiger partial charge in [0.15, 0.2) is 0 Å². The summed E-state index contributed by atoms with van der Waals surface area (Å²) in [5.41, 5.74) is 4.03. The van der Waals surface area contributed by atoms with Gasteiger partial charge in [0.05, 0.1) is 11.1 Å². The van der Waals surface area contributed by atoms with Gasteiger partial charge in [0, 0.05) is 4.47 Å². The van der Waals surface area contributed by atoms with Crippen LogP contribution in [0.4, 0.5) is 0 Å². The number of nitrogens with two attached hydrogens (primary N) is 1. The molecule has 1 fully saturated rings. The second-order valence-corrected chi connectivity index (χ2v) is 5.56. The van der Waals surface area contributed by atoms with E-state index < -0.39 is 0 Å². The Hall–Kier alpha value is -0.0900. The van der Waals surface area contributed by atoms with E-state index in [2.05, 4.69) is 27.4 Å². The van der Waals surface area contributed by atoms with Crippen LogP contribution in [0.25, 0.3) is 0 Å². The lowest BCUT2D eigenvalue weighted by atomic mass is 9.92. The monoisotopic (exact) mass is 302 g/mol. The van der Waals surface area contributed by atoms with E-state index in [4.69, 9.17) is 17.4 Å². The summed E-state index contributed by atoms with van der Waals surface area (Å²) in [6.45, 7) is 0. The Balaban J connectivity index is 2.28. The van der Waals surface area contributed by atoms with Gasteiger partial charge in [-0.1, -0.05) is 36.6 Å². The minimum atomic E-state index is 0.174. The molecular formula is C12H16BrClN2. The lowest BCUT2D eigenvalue weighted by Gasteiger charge is -2.24. The molecule has 16 heavy (non-hydrogen) atoms. The predicted octanol–water partition coefficient (Wildman–Crippen LogP) is 3.80. The maximum Gasteiger partial charge on any atom is 0.0596 e. The second kappa shape index (κ2) is 5.50. The van der Waals surface area contributed by atoms with Crippen molar-refractivity contribution in [3.63, 3.8) is 0 Å². The van der Waals surface area contributed by atoms with Gasteiger partial charge < -0.3 is 0 Å². The van der Waals surface area contributed by atoms with Gasteiger partial charge in [-0.15, -0.1) is 0 Å². The van der Waals surface area contributed by atoms with E-state index in [0.717, 1.165) is 15.1 Å². The first-order valence-electron chi connectivity index (χ1n) is 5.64. The van der Waals surface area contributed by atoms with Crippen molar-refractivity contribution in [1.29, 1.82) is 0 Å². The van der Waals surface area contributed by atoms with Crippen molar-refractivity contribution in [3.05, 3.63) is 33.3 Å². The molecule has 1 aromatic rings. The molecule has 2 nitrogen and oxygen atoms in total. The fraction of sp³-hybridized carbons (Fsp3) is 0.500. The molecule has 1 atom stereocenters. The molecule has 1 unspecified atom stereocenters. The summed E-state index contributed by atoms with van der Waals surface area (Å²) in [6, 6.07) is 6.18. The molecule has 2 rings (SSSR count). The third-order valence-corrected chi connectivity index (χ3v) is 4.68. The van der Waals surface area contributed by atoms with Crippen molar-refractivity contribution in [1.82, 2.24) is 5.43 Å². The second-order valence-electron chi connectivity index (χ2n) is 4.33. The van der Waals surface area contributed by atoms with Gasteiger partial charge in [-0.05, 0) is 46.3 Å². The molecule has 1 aromatic carbocycles. The Morgan fingerprint density at radius 3 is 2.69 bits per heavy atom. The zero-order valence-corrected chi connectivity index (χ0v) is 11.4. The normalized spacial score (nSPS) is 18.9. The molecule has 0 bridgehead atoms. The van der Waals surface area contributed by atoms with Crippen LogP contribution in [0.2, 0.25) is 5.02 Å². The van der Waals surface area contributed by atoms with Gasteiger partial charge in [-0.2, -0.15) is 0 Å². The summed E-state index contributed by atoms with van der Waals surface area (Å²) < 4.78 is 0.935. The van der Waals surface area contributed by atoms with Crippen LogP contribution in [0.3, 0.4) is 0 Å². The topological polar surface area (TPSA) is 38.0 Å². The Morgan fingerprint density at radius 1 is 1.38 bits per heavy atom. The Kier molecular flexibility index (Phi) is 4.25. The van der Waals surface area contributed by atoms with Crippen LogP contribution >= 0.6 is 27.5 Å². The molecule has 0 amide bonds. The predicted molar refractivity (Wildman–Crippen MR) is 71.2 cm³/mol. The van der Waals surface area contributed by atoms with Crippen molar-refractivity contribution < 1.29 is 0 Å². The highest BCUT2D eigenvalue weighted by molar-refractivity contribution is 9.10. The molecule has 3 N–H and O–H groups in total. The van der Waals surface area contributed by atoms with Gasteiger partial charge in [0.25, 0.3) is 0 Å². The first kappa shape index (κ1) is 12.4. The number of nitrogens with one attached hydrogen (secondary N) is 1. The van der Waals surface area contributed by atoms with Crippen LogP contribution in [0.1, 0.15) is 37.3 Å². The van der Waals surface area contributed by atoms with Crippen LogP contribution in [0.5, 0.6) is 0 Å². The van der Waals surface area contributed by atoms with E-state index >= 15 is 0 Å². The van der Waals surface area contributed by atoms with E-state index in [1.807, 2.05) is 12.1 Å². The van der Waals surface area contributed by atoms with Crippen LogP contribution in [0, 0.1) is 5.92 Å². The maximum absolute atomic E-state index is 6.30. The zero-order chi connectivity index (χ0) is 11.5. The molecular weight excluding hydrogens is 288 g/mol. The number of halogens is 2. The van der Waals surface area contributed by atoms with Crippen molar-refractivity contribution in [2.75, 3.05) is 0 Å². The molecule has 0 heterocycles. The average molecular weight is 304 g/mol. The first-order chi connectivity index (χ1) is 7.74.